The normalized spacial score (nSPS) is 14.1. The lowest BCUT2D eigenvalue weighted by Gasteiger charge is -2.13. The van der Waals surface area contributed by atoms with E-state index in [0.717, 1.165) is 64.5 Å². The number of hydrogen-bond donors (Lipinski definition) is 0. The lowest BCUT2D eigenvalue weighted by atomic mass is 9.98. The van der Waals surface area contributed by atoms with Crippen molar-refractivity contribution in [2.75, 3.05) is 33.5 Å². The van der Waals surface area contributed by atoms with Gasteiger partial charge in [0.05, 0.1) is 26.7 Å². The third-order valence-electron chi connectivity index (χ3n) is 6.49. The van der Waals surface area contributed by atoms with E-state index >= 15 is 0 Å². The maximum Gasteiger partial charge on any atom is 0.306 e. The van der Waals surface area contributed by atoms with Crippen LogP contribution >= 0.6 is 0 Å². The van der Waals surface area contributed by atoms with Gasteiger partial charge in [-0.25, -0.2) is 0 Å². The smallest absolute Gasteiger partial charge is 0.306 e. The van der Waals surface area contributed by atoms with Crippen LogP contribution in [-0.4, -0.2) is 39.5 Å². The van der Waals surface area contributed by atoms with Crippen LogP contribution in [-0.2, 0) is 20.9 Å². The van der Waals surface area contributed by atoms with Crippen molar-refractivity contribution in [1.29, 1.82) is 0 Å². The number of hydrogen-bond acceptors (Lipinski definition) is 6. The van der Waals surface area contributed by atoms with Crippen LogP contribution in [0.1, 0.15) is 48.8 Å². The molecule has 0 saturated heterocycles. The van der Waals surface area contributed by atoms with Gasteiger partial charge in [-0.1, -0.05) is 43.7 Å². The lowest BCUT2D eigenvalue weighted by Crippen LogP contribution is -2.09. The summed E-state index contributed by atoms with van der Waals surface area (Å²) in [7, 11) is 1.41. The molecule has 196 valence electrons. The minimum absolute atomic E-state index is 0.0207. The Morgan fingerprint density at radius 1 is 0.973 bits per heavy atom. The van der Waals surface area contributed by atoms with Crippen LogP contribution in [0.3, 0.4) is 0 Å². The molecule has 3 aromatic rings. The Hall–Kier alpha value is -3.51. The maximum absolute atomic E-state index is 11.6. The Morgan fingerprint density at radius 3 is 2.62 bits per heavy atom. The molecule has 4 rings (SSSR count). The summed E-state index contributed by atoms with van der Waals surface area (Å²) in [6.45, 7) is 7.11. The minimum atomic E-state index is -0.230. The van der Waals surface area contributed by atoms with Crippen LogP contribution in [0.15, 0.2) is 60.7 Å². The predicted molar refractivity (Wildman–Crippen MR) is 143 cm³/mol. The second kappa shape index (κ2) is 13.2. The average Bonchev–Trinajstić information content (AvgIpc) is 3.31. The third-order valence-corrected chi connectivity index (χ3v) is 6.49. The van der Waals surface area contributed by atoms with E-state index in [1.165, 1.54) is 7.11 Å². The van der Waals surface area contributed by atoms with Gasteiger partial charge in [0.2, 0.25) is 0 Å². The van der Waals surface area contributed by atoms with Gasteiger partial charge in [-0.05, 0) is 59.9 Å². The fraction of sp³-hybridized carbons (Fsp3) is 0.387. The van der Waals surface area contributed by atoms with Gasteiger partial charge in [0.15, 0.2) is 0 Å². The molecular weight excluding hydrogens is 468 g/mol. The Kier molecular flexibility index (Phi) is 9.44. The first-order valence-electron chi connectivity index (χ1n) is 12.9. The molecule has 0 bridgehead atoms. The molecule has 0 aliphatic carbocycles. The zero-order valence-electron chi connectivity index (χ0n) is 22.0. The third kappa shape index (κ3) is 7.26. The van der Waals surface area contributed by atoms with E-state index in [4.69, 9.17) is 23.7 Å². The van der Waals surface area contributed by atoms with Gasteiger partial charge < -0.3 is 23.7 Å². The molecule has 0 fully saturated rings. The number of fused-ring (bicyclic) bond motifs is 1. The molecule has 6 nitrogen and oxygen atoms in total. The van der Waals surface area contributed by atoms with E-state index in [1.54, 1.807) is 0 Å². The molecule has 1 aliphatic rings. The molecule has 1 aliphatic heterocycles. The zero-order chi connectivity index (χ0) is 26.0. The van der Waals surface area contributed by atoms with Gasteiger partial charge in [-0.15, -0.1) is 0 Å². The first kappa shape index (κ1) is 26.6. The van der Waals surface area contributed by atoms with Crippen LogP contribution in [0.25, 0.3) is 11.1 Å². The highest BCUT2D eigenvalue weighted by atomic mass is 16.5. The highest BCUT2D eigenvalue weighted by Crippen LogP contribution is 2.38. The molecule has 0 amide bonds. The van der Waals surface area contributed by atoms with Crippen molar-refractivity contribution >= 4 is 5.97 Å². The van der Waals surface area contributed by atoms with Crippen LogP contribution in [0, 0.1) is 6.92 Å². The number of rotatable bonds is 13. The first-order valence-corrected chi connectivity index (χ1v) is 12.9. The summed E-state index contributed by atoms with van der Waals surface area (Å²) in [5.74, 6) is 2.15. The average molecular weight is 505 g/mol. The van der Waals surface area contributed by atoms with Crippen LogP contribution in [0.5, 0.6) is 17.2 Å². The number of unbranched alkanes of at least 4 members (excludes halogenated alkanes) is 1. The summed E-state index contributed by atoms with van der Waals surface area (Å²) in [5, 5.41) is 0. The summed E-state index contributed by atoms with van der Waals surface area (Å²) >= 11 is 0. The van der Waals surface area contributed by atoms with Crippen LogP contribution in [0.4, 0.5) is 0 Å². The summed E-state index contributed by atoms with van der Waals surface area (Å²) in [6, 6.07) is 20.4. The van der Waals surface area contributed by atoms with E-state index < -0.39 is 0 Å². The van der Waals surface area contributed by atoms with E-state index in [2.05, 4.69) is 50.2 Å². The summed E-state index contributed by atoms with van der Waals surface area (Å²) in [5.41, 5.74) is 5.55. The van der Waals surface area contributed by atoms with E-state index in [1.807, 2.05) is 24.3 Å². The number of ether oxygens (including phenoxy) is 5. The second-order valence-electron chi connectivity index (χ2n) is 9.27. The maximum atomic E-state index is 11.6. The molecule has 6 heteroatoms. The second-order valence-corrected chi connectivity index (χ2v) is 9.27. The molecule has 0 N–H and O–H groups in total. The monoisotopic (exact) mass is 504 g/mol. The Morgan fingerprint density at radius 2 is 1.81 bits per heavy atom. The Bertz CT molecular complexity index is 1190. The van der Waals surface area contributed by atoms with Gasteiger partial charge in [0.1, 0.15) is 30.5 Å². The predicted octanol–water partition coefficient (Wildman–Crippen LogP) is 6.48. The van der Waals surface area contributed by atoms with Crippen molar-refractivity contribution in [3.05, 3.63) is 77.4 Å². The number of esters is 1. The lowest BCUT2D eigenvalue weighted by molar-refractivity contribution is -0.141. The quantitative estimate of drug-likeness (QED) is 0.196. The molecular formula is C31H36O6. The fourth-order valence-corrected chi connectivity index (χ4v) is 4.41. The van der Waals surface area contributed by atoms with Gasteiger partial charge in [-0.2, -0.15) is 0 Å². The van der Waals surface area contributed by atoms with E-state index in [0.29, 0.717) is 32.8 Å². The number of methoxy groups -OCH3 is 1. The summed E-state index contributed by atoms with van der Waals surface area (Å²) in [4.78, 5) is 11.6. The SMILES string of the molecule is CCCCOCCOc1ccc(-c2cccc(COc3ccc4c(c3)OCC4CC(=O)OC)c2)c(C)c1. The van der Waals surface area contributed by atoms with Gasteiger partial charge >= 0.3 is 5.97 Å². The van der Waals surface area contributed by atoms with Crippen LogP contribution in [0.2, 0.25) is 0 Å². The highest BCUT2D eigenvalue weighted by molar-refractivity contribution is 5.71. The van der Waals surface area contributed by atoms with Gasteiger partial charge in [0.25, 0.3) is 0 Å². The van der Waals surface area contributed by atoms with E-state index in [9.17, 15) is 4.79 Å². The van der Waals surface area contributed by atoms with E-state index in [-0.39, 0.29) is 11.9 Å². The number of carbonyl (C=O) groups is 1. The molecule has 37 heavy (non-hydrogen) atoms. The fourth-order valence-electron chi connectivity index (χ4n) is 4.41. The zero-order valence-corrected chi connectivity index (χ0v) is 22.0. The van der Waals surface area contributed by atoms with Crippen LogP contribution < -0.4 is 14.2 Å². The first-order chi connectivity index (χ1) is 18.1. The minimum Gasteiger partial charge on any atom is -0.492 e. The van der Waals surface area contributed by atoms with Crippen molar-refractivity contribution in [1.82, 2.24) is 0 Å². The number of carbonyl (C=O) groups excluding carboxylic acids is 1. The van der Waals surface area contributed by atoms with Gasteiger partial charge in [0, 0.05) is 24.2 Å². The Balaban J connectivity index is 1.34. The standard InChI is InChI=1S/C31H36O6/c1-4-5-13-34-14-15-35-26-9-11-28(22(2)16-26)24-8-6-7-23(17-24)20-36-27-10-12-29-25(18-31(32)33-3)21-37-30(29)19-27/h6-12,16-17,19,25H,4-5,13-15,18,20-21H2,1-3H3. The molecule has 1 atom stereocenters. The van der Waals surface area contributed by atoms with Crippen molar-refractivity contribution in [2.24, 2.45) is 0 Å². The summed E-state index contributed by atoms with van der Waals surface area (Å²) in [6.07, 6.45) is 2.53. The van der Waals surface area contributed by atoms with Crippen molar-refractivity contribution in [3.8, 4) is 28.4 Å². The molecule has 3 aromatic carbocycles. The van der Waals surface area contributed by atoms with Crippen molar-refractivity contribution < 1.29 is 28.5 Å². The van der Waals surface area contributed by atoms with Crippen molar-refractivity contribution in [2.45, 2.75) is 45.6 Å². The summed E-state index contributed by atoms with van der Waals surface area (Å²) < 4.78 is 28.1. The molecule has 0 spiro atoms. The largest absolute Gasteiger partial charge is 0.492 e. The Labute approximate surface area is 219 Å². The molecule has 0 radical (unpaired) electrons. The highest BCUT2D eigenvalue weighted by Gasteiger charge is 2.27. The molecule has 0 saturated carbocycles. The molecule has 1 heterocycles. The van der Waals surface area contributed by atoms with Crippen molar-refractivity contribution in [3.63, 3.8) is 0 Å². The van der Waals surface area contributed by atoms with Gasteiger partial charge in [-0.3, -0.25) is 4.79 Å². The number of aryl methyl sites for hydroxylation is 1. The topological polar surface area (TPSA) is 63.2 Å². The molecule has 1 unspecified atom stereocenters. The molecule has 0 aromatic heterocycles. The number of benzene rings is 3.